The van der Waals surface area contributed by atoms with Crippen molar-refractivity contribution in [2.75, 3.05) is 6.61 Å². The highest BCUT2D eigenvalue weighted by Gasteiger charge is 2.30. The summed E-state index contributed by atoms with van der Waals surface area (Å²) in [5, 5.41) is 4.58. The third-order valence-corrected chi connectivity index (χ3v) is 4.21. The van der Waals surface area contributed by atoms with Crippen LogP contribution in [-0.4, -0.2) is 18.8 Å². The Kier molecular flexibility index (Phi) is 3.12. The smallest absolute Gasteiger partial charge is 0.0700 e. The summed E-state index contributed by atoms with van der Waals surface area (Å²) < 4.78 is 5.60. The Morgan fingerprint density at radius 1 is 1.35 bits per heavy atom. The van der Waals surface area contributed by atoms with Crippen LogP contribution < -0.4 is 5.32 Å². The van der Waals surface area contributed by atoms with Gasteiger partial charge in [-0.2, -0.15) is 0 Å². The van der Waals surface area contributed by atoms with Gasteiger partial charge in [0.25, 0.3) is 0 Å². The Bertz CT molecular complexity index is 421. The first-order chi connectivity index (χ1) is 8.24. The van der Waals surface area contributed by atoms with E-state index >= 15 is 0 Å². The highest BCUT2D eigenvalue weighted by atomic mass is 35.5. The van der Waals surface area contributed by atoms with E-state index in [2.05, 4.69) is 24.4 Å². The molecular formula is C14H18ClNO. The lowest BCUT2D eigenvalue weighted by Crippen LogP contribution is -2.36. The number of benzene rings is 1. The number of rotatable bonds is 2. The molecule has 1 aromatic carbocycles. The topological polar surface area (TPSA) is 21.3 Å². The number of hydrogen-bond acceptors (Lipinski definition) is 2. The fourth-order valence-electron chi connectivity index (χ4n) is 2.97. The summed E-state index contributed by atoms with van der Waals surface area (Å²) in [6.45, 7) is 3.04. The molecule has 17 heavy (non-hydrogen) atoms. The van der Waals surface area contributed by atoms with Crippen molar-refractivity contribution in [2.45, 2.75) is 44.4 Å². The lowest BCUT2D eigenvalue weighted by Gasteiger charge is -2.22. The monoisotopic (exact) mass is 251 g/mol. The van der Waals surface area contributed by atoms with E-state index in [0.29, 0.717) is 18.2 Å². The zero-order valence-electron chi connectivity index (χ0n) is 10.1. The van der Waals surface area contributed by atoms with Gasteiger partial charge in [0.2, 0.25) is 0 Å². The first-order valence-electron chi connectivity index (χ1n) is 6.40. The predicted octanol–water partition coefficient (Wildman–Crippen LogP) is 3.09. The predicted molar refractivity (Wildman–Crippen MR) is 69.5 cm³/mol. The van der Waals surface area contributed by atoms with E-state index in [0.717, 1.165) is 24.5 Å². The number of fused-ring (bicyclic) bond motifs is 1. The number of ether oxygens (including phenoxy) is 1. The molecule has 2 nitrogen and oxygen atoms in total. The second-order valence-corrected chi connectivity index (χ2v) is 5.51. The fourth-order valence-corrected chi connectivity index (χ4v) is 3.16. The summed E-state index contributed by atoms with van der Waals surface area (Å²) >= 11 is 6.02. The Labute approximate surface area is 107 Å². The van der Waals surface area contributed by atoms with Crippen molar-refractivity contribution >= 4 is 11.6 Å². The number of hydrogen-bond donors (Lipinski definition) is 1. The maximum Gasteiger partial charge on any atom is 0.0700 e. The highest BCUT2D eigenvalue weighted by Crippen LogP contribution is 2.34. The van der Waals surface area contributed by atoms with E-state index in [4.69, 9.17) is 16.3 Å². The van der Waals surface area contributed by atoms with Gasteiger partial charge in [0, 0.05) is 23.7 Å². The summed E-state index contributed by atoms with van der Waals surface area (Å²) in [5.41, 5.74) is 2.83. The highest BCUT2D eigenvalue weighted by molar-refractivity contribution is 6.30. The molecule has 1 saturated heterocycles. The minimum Gasteiger partial charge on any atom is -0.377 e. The quantitative estimate of drug-likeness (QED) is 0.872. The number of aryl methyl sites for hydroxylation is 1. The van der Waals surface area contributed by atoms with Crippen LogP contribution >= 0.6 is 11.6 Å². The van der Waals surface area contributed by atoms with Gasteiger partial charge >= 0.3 is 0 Å². The SMILES string of the molecule is CC1OCCC1NC1CCc2cc(Cl)ccc21. The van der Waals surface area contributed by atoms with Crippen LogP contribution in [0.5, 0.6) is 0 Å². The summed E-state index contributed by atoms with van der Waals surface area (Å²) in [4.78, 5) is 0. The molecule has 0 spiro atoms. The van der Waals surface area contributed by atoms with Crippen LogP contribution in [0.2, 0.25) is 5.02 Å². The molecule has 0 aromatic heterocycles. The van der Waals surface area contributed by atoms with Crippen molar-refractivity contribution in [3.05, 3.63) is 34.3 Å². The summed E-state index contributed by atoms with van der Waals surface area (Å²) in [6, 6.07) is 7.25. The molecule has 0 radical (unpaired) electrons. The van der Waals surface area contributed by atoms with Gasteiger partial charge in [0.1, 0.15) is 0 Å². The maximum absolute atomic E-state index is 6.02. The Morgan fingerprint density at radius 2 is 2.24 bits per heavy atom. The molecule has 3 rings (SSSR count). The molecular weight excluding hydrogens is 234 g/mol. The zero-order chi connectivity index (χ0) is 11.8. The number of nitrogens with one attached hydrogen (secondary N) is 1. The van der Waals surface area contributed by atoms with Crippen molar-refractivity contribution in [2.24, 2.45) is 0 Å². The van der Waals surface area contributed by atoms with Crippen molar-refractivity contribution in [1.82, 2.24) is 5.32 Å². The molecule has 0 saturated carbocycles. The third-order valence-electron chi connectivity index (χ3n) is 3.97. The second-order valence-electron chi connectivity index (χ2n) is 5.07. The molecule has 92 valence electrons. The molecule has 3 heteroatoms. The van der Waals surface area contributed by atoms with Crippen molar-refractivity contribution < 1.29 is 4.74 Å². The Balaban J connectivity index is 1.75. The van der Waals surface area contributed by atoms with E-state index in [9.17, 15) is 0 Å². The lowest BCUT2D eigenvalue weighted by molar-refractivity contribution is 0.111. The fraction of sp³-hybridized carbons (Fsp3) is 0.571. The number of halogens is 1. The Morgan fingerprint density at radius 3 is 3.00 bits per heavy atom. The average Bonchev–Trinajstić information content (AvgIpc) is 2.87. The van der Waals surface area contributed by atoms with Gasteiger partial charge in [0.05, 0.1) is 6.10 Å². The molecule has 2 aliphatic rings. The van der Waals surface area contributed by atoms with E-state index in [-0.39, 0.29) is 0 Å². The van der Waals surface area contributed by atoms with Crippen LogP contribution in [0, 0.1) is 0 Å². The summed E-state index contributed by atoms with van der Waals surface area (Å²) in [7, 11) is 0. The minimum atomic E-state index is 0.339. The van der Waals surface area contributed by atoms with Crippen molar-refractivity contribution in [3.63, 3.8) is 0 Å². The maximum atomic E-state index is 6.02. The standard InChI is InChI=1S/C14H18ClNO/c1-9-13(6-7-17-9)16-14-5-2-10-8-11(15)3-4-12(10)14/h3-4,8-9,13-14,16H,2,5-7H2,1H3. The molecule has 1 heterocycles. The van der Waals surface area contributed by atoms with Crippen LogP contribution in [0.3, 0.4) is 0 Å². The van der Waals surface area contributed by atoms with Crippen LogP contribution in [0.15, 0.2) is 18.2 Å². The van der Waals surface area contributed by atoms with Gasteiger partial charge in [-0.05, 0) is 49.4 Å². The molecule has 1 aliphatic heterocycles. The van der Waals surface area contributed by atoms with Gasteiger partial charge in [-0.15, -0.1) is 0 Å². The molecule has 0 amide bonds. The molecule has 1 aromatic rings. The van der Waals surface area contributed by atoms with Crippen LogP contribution in [0.25, 0.3) is 0 Å². The molecule has 0 bridgehead atoms. The van der Waals surface area contributed by atoms with Crippen LogP contribution in [0.1, 0.15) is 36.9 Å². The molecule has 1 aliphatic carbocycles. The minimum absolute atomic E-state index is 0.339. The normalized spacial score (nSPS) is 31.8. The van der Waals surface area contributed by atoms with Crippen molar-refractivity contribution in [1.29, 1.82) is 0 Å². The van der Waals surface area contributed by atoms with E-state index in [1.165, 1.54) is 17.5 Å². The van der Waals surface area contributed by atoms with Crippen LogP contribution in [-0.2, 0) is 11.2 Å². The van der Waals surface area contributed by atoms with Crippen LogP contribution in [0.4, 0.5) is 0 Å². The molecule has 1 N–H and O–H groups in total. The molecule has 3 unspecified atom stereocenters. The summed E-state index contributed by atoms with van der Waals surface area (Å²) in [6.07, 6.45) is 3.78. The average molecular weight is 252 g/mol. The van der Waals surface area contributed by atoms with Gasteiger partial charge in [-0.1, -0.05) is 17.7 Å². The molecule has 3 atom stereocenters. The lowest BCUT2D eigenvalue weighted by atomic mass is 10.1. The van der Waals surface area contributed by atoms with E-state index in [1.807, 2.05) is 6.07 Å². The van der Waals surface area contributed by atoms with Gasteiger partial charge in [-0.3, -0.25) is 0 Å². The largest absolute Gasteiger partial charge is 0.377 e. The van der Waals surface area contributed by atoms with E-state index in [1.54, 1.807) is 0 Å². The zero-order valence-corrected chi connectivity index (χ0v) is 10.8. The third kappa shape index (κ3) is 2.22. The second kappa shape index (κ2) is 4.60. The molecule has 1 fully saturated rings. The first-order valence-corrected chi connectivity index (χ1v) is 6.78. The first kappa shape index (κ1) is 11.5. The van der Waals surface area contributed by atoms with Gasteiger partial charge in [-0.25, -0.2) is 0 Å². The Hall–Kier alpha value is -0.570. The summed E-state index contributed by atoms with van der Waals surface area (Å²) in [5.74, 6) is 0. The van der Waals surface area contributed by atoms with E-state index < -0.39 is 0 Å². The van der Waals surface area contributed by atoms with Crippen molar-refractivity contribution in [3.8, 4) is 0 Å². The van der Waals surface area contributed by atoms with Gasteiger partial charge in [0.15, 0.2) is 0 Å². The van der Waals surface area contributed by atoms with Gasteiger partial charge < -0.3 is 10.1 Å².